The Kier molecular flexibility index (Phi) is 4.92. The van der Waals surface area contributed by atoms with Crippen molar-refractivity contribution >= 4 is 5.91 Å². The first-order valence-electron chi connectivity index (χ1n) is 9.22. The zero-order valence-electron chi connectivity index (χ0n) is 15.5. The Labute approximate surface area is 157 Å². The lowest BCUT2D eigenvalue weighted by Crippen LogP contribution is -2.43. The number of carbonyl (C=O) groups excluding carboxylic acids is 1. The number of nitrogens with zero attached hydrogens (tertiary/aromatic N) is 5. The molecule has 27 heavy (non-hydrogen) atoms. The lowest BCUT2D eigenvalue weighted by atomic mass is 9.87. The van der Waals surface area contributed by atoms with E-state index in [0.29, 0.717) is 31.9 Å². The Morgan fingerprint density at radius 2 is 2.19 bits per heavy atom. The number of hydrogen-bond donors (Lipinski definition) is 0. The molecule has 8 heteroatoms. The van der Waals surface area contributed by atoms with Crippen LogP contribution in [0.15, 0.2) is 30.7 Å². The summed E-state index contributed by atoms with van der Waals surface area (Å²) < 4.78 is 21.3. The summed E-state index contributed by atoms with van der Waals surface area (Å²) in [6.45, 7) is 4.86. The highest BCUT2D eigenvalue weighted by Gasteiger charge is 2.42. The second-order valence-corrected chi connectivity index (χ2v) is 7.56. The van der Waals surface area contributed by atoms with Gasteiger partial charge in [0.1, 0.15) is 5.82 Å². The lowest BCUT2D eigenvalue weighted by molar-refractivity contribution is 0.0642. The summed E-state index contributed by atoms with van der Waals surface area (Å²) in [5.74, 6) is 0.231. The molecule has 1 spiro atoms. The van der Waals surface area contributed by atoms with Crippen LogP contribution < -0.4 is 0 Å². The van der Waals surface area contributed by atoms with Gasteiger partial charge in [-0.05, 0) is 19.0 Å². The normalized spacial score (nSPS) is 23.7. The predicted octanol–water partition coefficient (Wildman–Crippen LogP) is 1.32. The molecule has 4 heterocycles. The molecule has 1 atom stereocenters. The van der Waals surface area contributed by atoms with Crippen LogP contribution in [-0.4, -0.2) is 69.6 Å². The quantitative estimate of drug-likeness (QED) is 0.760. The van der Waals surface area contributed by atoms with Crippen LogP contribution in [0, 0.1) is 11.4 Å². The number of amides is 1. The molecule has 0 aliphatic carbocycles. The van der Waals surface area contributed by atoms with Crippen molar-refractivity contribution in [3.63, 3.8) is 0 Å². The summed E-state index contributed by atoms with van der Waals surface area (Å²) in [6, 6.07) is 2.76. The van der Waals surface area contributed by atoms with Crippen LogP contribution in [0.1, 0.15) is 22.6 Å². The van der Waals surface area contributed by atoms with Crippen molar-refractivity contribution in [3.05, 3.63) is 48.1 Å². The van der Waals surface area contributed by atoms with Crippen molar-refractivity contribution < 1.29 is 13.9 Å². The number of pyridine rings is 1. The fourth-order valence-electron chi connectivity index (χ4n) is 4.04. The van der Waals surface area contributed by atoms with E-state index in [9.17, 15) is 9.18 Å². The molecule has 0 bridgehead atoms. The van der Waals surface area contributed by atoms with Gasteiger partial charge in [-0.3, -0.25) is 9.69 Å². The molecule has 2 saturated heterocycles. The minimum Gasteiger partial charge on any atom is -0.379 e. The van der Waals surface area contributed by atoms with Crippen LogP contribution in [0.5, 0.6) is 0 Å². The molecule has 144 valence electrons. The van der Waals surface area contributed by atoms with Gasteiger partial charge in [0.05, 0.1) is 19.8 Å². The van der Waals surface area contributed by atoms with E-state index >= 15 is 0 Å². The van der Waals surface area contributed by atoms with E-state index in [1.807, 2.05) is 24.0 Å². The maximum atomic E-state index is 13.4. The minimum atomic E-state index is -0.635. The monoisotopic (exact) mass is 373 g/mol. The Morgan fingerprint density at radius 3 is 2.96 bits per heavy atom. The third kappa shape index (κ3) is 3.86. The van der Waals surface area contributed by atoms with Crippen molar-refractivity contribution in [2.24, 2.45) is 12.5 Å². The van der Waals surface area contributed by atoms with Crippen molar-refractivity contribution in [2.45, 2.75) is 13.0 Å². The Balaban J connectivity index is 1.47. The summed E-state index contributed by atoms with van der Waals surface area (Å²) in [7, 11) is 2.00. The molecule has 2 aliphatic heterocycles. The number of imidazole rings is 1. The highest BCUT2D eigenvalue weighted by Crippen LogP contribution is 2.34. The fourth-order valence-corrected chi connectivity index (χ4v) is 4.04. The van der Waals surface area contributed by atoms with E-state index in [-0.39, 0.29) is 11.3 Å². The summed E-state index contributed by atoms with van der Waals surface area (Å²) in [6.07, 6.45) is 6.05. The number of hydrogen-bond acceptors (Lipinski definition) is 5. The molecule has 0 aromatic carbocycles. The van der Waals surface area contributed by atoms with Crippen LogP contribution in [0.3, 0.4) is 0 Å². The van der Waals surface area contributed by atoms with Crippen molar-refractivity contribution in [1.82, 2.24) is 24.3 Å². The number of halogens is 1. The number of likely N-dealkylation sites (tertiary alicyclic amines) is 1. The van der Waals surface area contributed by atoms with Gasteiger partial charge in [-0.1, -0.05) is 0 Å². The molecule has 0 N–H and O–H groups in total. The van der Waals surface area contributed by atoms with E-state index in [4.69, 9.17) is 4.74 Å². The molecule has 0 radical (unpaired) electrons. The second kappa shape index (κ2) is 7.36. The van der Waals surface area contributed by atoms with Gasteiger partial charge in [0.25, 0.3) is 5.91 Å². The van der Waals surface area contributed by atoms with E-state index in [1.165, 1.54) is 12.3 Å². The number of aromatic nitrogens is 3. The van der Waals surface area contributed by atoms with Gasteiger partial charge in [-0.25, -0.2) is 9.97 Å². The Hall–Kier alpha value is -2.32. The SMILES string of the molecule is Cn1ccnc1CN1CC[C@@]2(COCCN(C(=O)c3ccnc(F)c3)C2)C1. The predicted molar refractivity (Wildman–Crippen MR) is 96.5 cm³/mol. The number of ether oxygens (including phenoxy) is 1. The summed E-state index contributed by atoms with van der Waals surface area (Å²) in [5, 5.41) is 0. The maximum absolute atomic E-state index is 13.4. The maximum Gasteiger partial charge on any atom is 0.254 e. The molecule has 4 rings (SSSR count). The lowest BCUT2D eigenvalue weighted by Gasteiger charge is -2.32. The van der Waals surface area contributed by atoms with Gasteiger partial charge < -0.3 is 14.2 Å². The smallest absolute Gasteiger partial charge is 0.254 e. The van der Waals surface area contributed by atoms with Crippen molar-refractivity contribution in [3.8, 4) is 0 Å². The molecule has 2 fully saturated rings. The van der Waals surface area contributed by atoms with E-state index in [0.717, 1.165) is 31.9 Å². The van der Waals surface area contributed by atoms with Crippen LogP contribution in [0.2, 0.25) is 0 Å². The number of carbonyl (C=O) groups is 1. The van der Waals surface area contributed by atoms with Crippen LogP contribution in [-0.2, 0) is 18.3 Å². The van der Waals surface area contributed by atoms with Gasteiger partial charge in [-0.2, -0.15) is 4.39 Å². The molecule has 7 nitrogen and oxygen atoms in total. The second-order valence-electron chi connectivity index (χ2n) is 7.56. The topological polar surface area (TPSA) is 63.5 Å². The third-order valence-corrected chi connectivity index (χ3v) is 5.50. The highest BCUT2D eigenvalue weighted by atomic mass is 19.1. The zero-order valence-corrected chi connectivity index (χ0v) is 15.5. The van der Waals surface area contributed by atoms with Gasteiger partial charge >= 0.3 is 0 Å². The summed E-state index contributed by atoms with van der Waals surface area (Å²) in [5.41, 5.74) is 0.241. The summed E-state index contributed by atoms with van der Waals surface area (Å²) in [4.78, 5) is 25.0. The van der Waals surface area contributed by atoms with Crippen LogP contribution >= 0.6 is 0 Å². The molecule has 2 aromatic heterocycles. The molecule has 1 amide bonds. The molecular weight excluding hydrogens is 349 g/mol. The first-order valence-corrected chi connectivity index (χ1v) is 9.22. The minimum absolute atomic E-state index is 0.0943. The first-order chi connectivity index (χ1) is 13.0. The molecular formula is C19H24FN5O2. The number of rotatable bonds is 3. The standard InChI is InChI=1S/C19H24FN5O2/c1-23-7-5-22-17(23)11-24-6-3-19(12-24)13-25(8-9-27-14-19)18(26)15-2-4-21-16(20)10-15/h2,4-5,7,10H,3,6,8-9,11-14H2,1H3/t19-/m1/s1. The number of aryl methyl sites for hydroxylation is 1. The van der Waals surface area contributed by atoms with Gasteiger partial charge in [0, 0.05) is 62.3 Å². The third-order valence-electron chi connectivity index (χ3n) is 5.50. The van der Waals surface area contributed by atoms with Gasteiger partial charge in [0.15, 0.2) is 0 Å². The van der Waals surface area contributed by atoms with Gasteiger partial charge in [-0.15, -0.1) is 0 Å². The van der Waals surface area contributed by atoms with E-state index in [2.05, 4.69) is 14.9 Å². The van der Waals surface area contributed by atoms with Crippen LogP contribution in [0.4, 0.5) is 4.39 Å². The largest absolute Gasteiger partial charge is 0.379 e. The molecule has 2 aliphatic rings. The first kappa shape index (κ1) is 18.1. The highest BCUT2D eigenvalue weighted by molar-refractivity contribution is 5.94. The zero-order chi connectivity index (χ0) is 18.9. The average molecular weight is 373 g/mol. The molecule has 0 unspecified atom stereocenters. The van der Waals surface area contributed by atoms with Crippen LogP contribution in [0.25, 0.3) is 0 Å². The molecule has 0 saturated carbocycles. The Morgan fingerprint density at radius 1 is 1.30 bits per heavy atom. The van der Waals surface area contributed by atoms with Crippen molar-refractivity contribution in [2.75, 3.05) is 39.4 Å². The molecule has 2 aromatic rings. The average Bonchev–Trinajstić information content (AvgIpc) is 3.17. The van der Waals surface area contributed by atoms with Crippen molar-refractivity contribution in [1.29, 1.82) is 0 Å². The Bertz CT molecular complexity index is 826. The fraction of sp³-hybridized carbons (Fsp3) is 0.526. The van der Waals surface area contributed by atoms with E-state index < -0.39 is 5.95 Å². The summed E-state index contributed by atoms with van der Waals surface area (Å²) >= 11 is 0. The van der Waals surface area contributed by atoms with Gasteiger partial charge in [0.2, 0.25) is 5.95 Å². The van der Waals surface area contributed by atoms with E-state index in [1.54, 1.807) is 11.0 Å².